The fourth-order valence-corrected chi connectivity index (χ4v) is 1.69. The number of carbonyl (C=O) groups is 1. The Morgan fingerprint density at radius 3 is 2.61 bits per heavy atom. The normalized spacial score (nSPS) is 11.3. The lowest BCUT2D eigenvalue weighted by atomic mass is 10.1. The maximum Gasteiger partial charge on any atom is 0.342 e. The molecule has 0 amide bonds. The van der Waals surface area contributed by atoms with E-state index in [-0.39, 0.29) is 0 Å². The molecule has 0 atom stereocenters. The second kappa shape index (κ2) is 5.36. The van der Waals surface area contributed by atoms with Crippen LogP contribution in [0.15, 0.2) is 54.3 Å². The number of methoxy groups -OCH3 is 1. The van der Waals surface area contributed by atoms with Gasteiger partial charge in [-0.1, -0.05) is 36.4 Å². The molecule has 0 radical (unpaired) electrons. The number of fused-ring (bicyclic) bond motifs is 1. The molecule has 0 aliphatic heterocycles. The minimum absolute atomic E-state index is 0.409. The molecule has 0 aliphatic carbocycles. The molecule has 3 nitrogen and oxygen atoms in total. The van der Waals surface area contributed by atoms with Gasteiger partial charge in [0.1, 0.15) is 5.75 Å². The van der Waals surface area contributed by atoms with Crippen LogP contribution in [0.5, 0.6) is 5.75 Å². The van der Waals surface area contributed by atoms with Crippen molar-refractivity contribution in [1.29, 1.82) is 0 Å². The molecule has 18 heavy (non-hydrogen) atoms. The number of esters is 1. The topological polar surface area (TPSA) is 35.5 Å². The number of benzene rings is 2. The lowest BCUT2D eigenvalue weighted by Crippen LogP contribution is -2.09. The molecule has 0 saturated carbocycles. The van der Waals surface area contributed by atoms with Crippen molar-refractivity contribution in [3.63, 3.8) is 0 Å². The summed E-state index contributed by atoms with van der Waals surface area (Å²) in [6, 6.07) is 13.4. The number of ether oxygens (including phenoxy) is 2. The van der Waals surface area contributed by atoms with Crippen molar-refractivity contribution in [3.05, 3.63) is 54.3 Å². The largest absolute Gasteiger partial charge is 0.504 e. The standard InChI is InChI=1S/C15H14O3/c1-11(10-17-2)15(16)18-14-9-5-7-12-6-3-4-8-13(12)14/h3-10H,1-2H3/b11-10+. The summed E-state index contributed by atoms with van der Waals surface area (Å²) in [7, 11) is 1.49. The maximum absolute atomic E-state index is 11.8. The minimum Gasteiger partial charge on any atom is -0.504 e. The van der Waals surface area contributed by atoms with E-state index in [1.54, 1.807) is 13.0 Å². The van der Waals surface area contributed by atoms with Crippen LogP contribution in [0.25, 0.3) is 10.8 Å². The molecule has 2 rings (SSSR count). The first-order valence-electron chi connectivity index (χ1n) is 5.62. The van der Waals surface area contributed by atoms with Crippen molar-refractivity contribution in [3.8, 4) is 5.75 Å². The summed E-state index contributed by atoms with van der Waals surface area (Å²) >= 11 is 0. The van der Waals surface area contributed by atoms with Gasteiger partial charge in [-0.15, -0.1) is 0 Å². The van der Waals surface area contributed by atoms with E-state index >= 15 is 0 Å². The predicted molar refractivity (Wildman–Crippen MR) is 70.3 cm³/mol. The molecule has 2 aromatic carbocycles. The van der Waals surface area contributed by atoms with E-state index in [0.29, 0.717) is 11.3 Å². The first kappa shape index (κ1) is 12.2. The third-order valence-electron chi connectivity index (χ3n) is 2.57. The highest BCUT2D eigenvalue weighted by Crippen LogP contribution is 2.25. The molecule has 0 unspecified atom stereocenters. The van der Waals surface area contributed by atoms with Crippen molar-refractivity contribution < 1.29 is 14.3 Å². The van der Waals surface area contributed by atoms with Crippen LogP contribution in [0.1, 0.15) is 6.92 Å². The van der Waals surface area contributed by atoms with Crippen LogP contribution >= 0.6 is 0 Å². The summed E-state index contributed by atoms with van der Waals surface area (Å²) < 4.78 is 10.1. The van der Waals surface area contributed by atoms with Gasteiger partial charge in [-0.3, -0.25) is 0 Å². The van der Waals surface area contributed by atoms with Crippen molar-refractivity contribution in [2.75, 3.05) is 7.11 Å². The maximum atomic E-state index is 11.8. The molecule has 0 aromatic heterocycles. The van der Waals surface area contributed by atoms with Crippen molar-refractivity contribution >= 4 is 16.7 Å². The SMILES string of the molecule is CO/C=C(\C)C(=O)Oc1cccc2ccccc12. The minimum atomic E-state index is -0.409. The number of hydrogen-bond acceptors (Lipinski definition) is 3. The zero-order valence-corrected chi connectivity index (χ0v) is 10.3. The van der Waals surface area contributed by atoms with E-state index < -0.39 is 5.97 Å². The Labute approximate surface area is 106 Å². The molecule has 3 heteroatoms. The molecular weight excluding hydrogens is 228 g/mol. The highest BCUT2D eigenvalue weighted by molar-refractivity contribution is 5.94. The average molecular weight is 242 g/mol. The van der Waals surface area contributed by atoms with Gasteiger partial charge in [-0.05, 0) is 18.4 Å². The Balaban J connectivity index is 2.32. The van der Waals surface area contributed by atoms with Gasteiger partial charge in [0.25, 0.3) is 0 Å². The quantitative estimate of drug-likeness (QED) is 0.358. The lowest BCUT2D eigenvalue weighted by molar-refractivity contribution is -0.130. The van der Waals surface area contributed by atoms with Crippen LogP contribution in [0.2, 0.25) is 0 Å². The van der Waals surface area contributed by atoms with Gasteiger partial charge in [0.2, 0.25) is 0 Å². The van der Waals surface area contributed by atoms with Crippen LogP contribution in [-0.4, -0.2) is 13.1 Å². The molecule has 0 fully saturated rings. The molecule has 0 bridgehead atoms. The van der Waals surface area contributed by atoms with Crippen molar-refractivity contribution in [2.45, 2.75) is 6.92 Å². The smallest absolute Gasteiger partial charge is 0.342 e. The van der Waals surface area contributed by atoms with E-state index in [1.807, 2.05) is 36.4 Å². The molecule has 0 heterocycles. The van der Waals surface area contributed by atoms with Gasteiger partial charge in [-0.2, -0.15) is 0 Å². The molecular formula is C15H14O3. The van der Waals surface area contributed by atoms with Gasteiger partial charge >= 0.3 is 5.97 Å². The monoisotopic (exact) mass is 242 g/mol. The molecule has 0 N–H and O–H groups in total. The average Bonchev–Trinajstić information content (AvgIpc) is 2.39. The highest BCUT2D eigenvalue weighted by atomic mass is 16.5. The second-order valence-corrected chi connectivity index (χ2v) is 3.90. The van der Waals surface area contributed by atoms with E-state index in [0.717, 1.165) is 10.8 Å². The van der Waals surface area contributed by atoms with Gasteiger partial charge in [0.15, 0.2) is 0 Å². The van der Waals surface area contributed by atoms with Crippen LogP contribution in [-0.2, 0) is 9.53 Å². The van der Waals surface area contributed by atoms with Crippen LogP contribution in [0.3, 0.4) is 0 Å². The highest BCUT2D eigenvalue weighted by Gasteiger charge is 2.09. The van der Waals surface area contributed by atoms with E-state index in [1.165, 1.54) is 13.4 Å². The molecule has 2 aromatic rings. The fraction of sp³-hybridized carbons (Fsp3) is 0.133. The summed E-state index contributed by atoms with van der Waals surface area (Å²) in [6.45, 7) is 1.65. The summed E-state index contributed by atoms with van der Waals surface area (Å²) in [6.07, 6.45) is 1.37. The van der Waals surface area contributed by atoms with Gasteiger partial charge < -0.3 is 9.47 Å². The van der Waals surface area contributed by atoms with Crippen LogP contribution in [0, 0.1) is 0 Å². The van der Waals surface area contributed by atoms with E-state index in [2.05, 4.69) is 0 Å². The van der Waals surface area contributed by atoms with Gasteiger partial charge in [0, 0.05) is 5.39 Å². The molecule has 0 spiro atoms. The Hall–Kier alpha value is -2.29. The first-order valence-corrected chi connectivity index (χ1v) is 5.62. The van der Waals surface area contributed by atoms with Crippen molar-refractivity contribution in [2.24, 2.45) is 0 Å². The predicted octanol–water partition coefficient (Wildman–Crippen LogP) is 3.30. The van der Waals surface area contributed by atoms with E-state index in [4.69, 9.17) is 9.47 Å². The molecule has 0 saturated heterocycles. The third kappa shape index (κ3) is 2.51. The summed E-state index contributed by atoms with van der Waals surface area (Å²) in [4.78, 5) is 11.8. The first-order chi connectivity index (χ1) is 8.72. The number of hydrogen-bond donors (Lipinski definition) is 0. The van der Waals surface area contributed by atoms with Crippen LogP contribution in [0.4, 0.5) is 0 Å². The Bertz CT molecular complexity index is 594. The van der Waals surface area contributed by atoms with Gasteiger partial charge in [0.05, 0.1) is 18.9 Å². The Morgan fingerprint density at radius 2 is 1.83 bits per heavy atom. The second-order valence-electron chi connectivity index (χ2n) is 3.90. The fourth-order valence-electron chi connectivity index (χ4n) is 1.69. The summed E-state index contributed by atoms with van der Waals surface area (Å²) in [5, 5.41) is 1.95. The van der Waals surface area contributed by atoms with Crippen LogP contribution < -0.4 is 4.74 Å². The Morgan fingerprint density at radius 1 is 1.11 bits per heavy atom. The zero-order chi connectivity index (χ0) is 13.0. The van der Waals surface area contributed by atoms with Crippen molar-refractivity contribution in [1.82, 2.24) is 0 Å². The molecule has 0 aliphatic rings. The van der Waals surface area contributed by atoms with Gasteiger partial charge in [-0.25, -0.2) is 4.79 Å². The third-order valence-corrected chi connectivity index (χ3v) is 2.57. The summed E-state index contributed by atoms with van der Waals surface area (Å²) in [5.74, 6) is 0.148. The Kier molecular flexibility index (Phi) is 3.63. The zero-order valence-electron chi connectivity index (χ0n) is 10.3. The van der Waals surface area contributed by atoms with E-state index in [9.17, 15) is 4.79 Å². The summed E-state index contributed by atoms with van der Waals surface area (Å²) in [5.41, 5.74) is 0.422. The number of carbonyl (C=O) groups excluding carboxylic acids is 1. The molecule has 92 valence electrons. The number of rotatable bonds is 3. The lowest BCUT2D eigenvalue weighted by Gasteiger charge is -2.07.